The van der Waals surface area contributed by atoms with E-state index in [1.807, 2.05) is 104 Å². The van der Waals surface area contributed by atoms with Crippen LogP contribution in [0.1, 0.15) is 52.2 Å². The van der Waals surface area contributed by atoms with Crippen LogP contribution in [0.4, 0.5) is 11.4 Å². The lowest BCUT2D eigenvalue weighted by molar-refractivity contribution is -0.384. The van der Waals surface area contributed by atoms with Gasteiger partial charge in [0.2, 0.25) is 15.9 Å². The van der Waals surface area contributed by atoms with Gasteiger partial charge in [-0.3, -0.25) is 19.8 Å². The van der Waals surface area contributed by atoms with Crippen molar-refractivity contribution in [3.63, 3.8) is 0 Å². The number of amides is 1. The molecule has 2 saturated heterocycles. The summed E-state index contributed by atoms with van der Waals surface area (Å²) in [5, 5.41) is 23.8. The van der Waals surface area contributed by atoms with Gasteiger partial charge in [-0.1, -0.05) is 109 Å². The topological polar surface area (TPSA) is 164 Å². The molecule has 0 unspecified atom stereocenters. The van der Waals surface area contributed by atoms with Gasteiger partial charge in [0.05, 0.1) is 28.6 Å². The first-order valence-electron chi connectivity index (χ1n) is 21.8. The van der Waals surface area contributed by atoms with E-state index in [4.69, 9.17) is 9.47 Å². The fourth-order valence-corrected chi connectivity index (χ4v) is 9.54. The Morgan fingerprint density at radius 2 is 1.45 bits per heavy atom. The van der Waals surface area contributed by atoms with E-state index in [1.54, 1.807) is 36.4 Å². The highest BCUT2D eigenvalue weighted by Crippen LogP contribution is 2.39. The molecule has 2 fully saturated rings. The molecule has 0 aromatic heterocycles. The van der Waals surface area contributed by atoms with Crippen molar-refractivity contribution in [2.45, 2.75) is 62.4 Å². The number of hydrogen-bond donors (Lipinski definition) is 3. The van der Waals surface area contributed by atoms with Gasteiger partial charge in [-0.15, -0.1) is 0 Å². The molecule has 65 heavy (non-hydrogen) atoms. The van der Waals surface area contributed by atoms with Crippen LogP contribution < -0.4 is 14.9 Å². The number of aryl methyl sites for hydroxylation is 1. The first-order valence-corrected chi connectivity index (χ1v) is 23.3. The number of non-ortho nitro benzene ring substituents is 1. The van der Waals surface area contributed by atoms with E-state index < -0.39 is 28.3 Å². The molecule has 0 saturated carbocycles. The van der Waals surface area contributed by atoms with Crippen molar-refractivity contribution in [3.8, 4) is 11.1 Å². The molecule has 0 spiro atoms. The fourth-order valence-electron chi connectivity index (χ4n) is 8.34. The molecule has 2 aliphatic rings. The molecular weight excluding hydrogens is 843 g/mol. The zero-order chi connectivity index (χ0) is 45.3. The van der Waals surface area contributed by atoms with Gasteiger partial charge in [0.15, 0.2) is 6.29 Å². The summed E-state index contributed by atoms with van der Waals surface area (Å²) in [4.78, 5) is 29.3. The SMILES string of the molecule is Cc1ccc(S(=O)(=O)N[C@H](Cc2ccccc2)C(=O)NCc2cccc(-c3cccc([C@@H]4O[C@H](CN5CCN(c6ccc([N+](=O)[O-])cc6)CC5)C[C@H](c5ccc(CO)cc5)O4)c3)c2)cc1. The Morgan fingerprint density at radius 1 is 0.769 bits per heavy atom. The van der Waals surface area contributed by atoms with E-state index in [1.165, 1.54) is 12.1 Å². The molecule has 0 bridgehead atoms. The van der Waals surface area contributed by atoms with Crippen molar-refractivity contribution in [1.29, 1.82) is 0 Å². The number of aliphatic hydroxyl groups excluding tert-OH is 1. The van der Waals surface area contributed by atoms with Crippen LogP contribution in [-0.2, 0) is 43.9 Å². The first-order chi connectivity index (χ1) is 31.5. The number of nitrogens with zero attached hydrogens (tertiary/aromatic N) is 3. The molecule has 0 aliphatic carbocycles. The maximum Gasteiger partial charge on any atom is 0.269 e. The number of aliphatic hydroxyl groups is 1. The second-order valence-electron chi connectivity index (χ2n) is 16.6. The standard InChI is InChI=1S/C51H53N5O8S/c1-36-13-23-47(24-14-36)65(61,62)53-48(30-37-7-3-2-4-8-37)50(58)52-33-39-9-5-10-41(29-39)42-11-6-12-43(31-42)51-63-46(32-49(64-51)40-17-15-38(35-57)16-18-40)34-54-25-27-55(28-26-54)44-19-21-45(22-20-44)56(59)60/h2-24,29,31,46,48-49,51,53,57H,25-28,30,32-35H2,1H3,(H,52,58)/t46-,48+,49+,51+/m0/s1. The van der Waals surface area contributed by atoms with Gasteiger partial charge in [0.25, 0.3) is 5.69 Å². The highest BCUT2D eigenvalue weighted by molar-refractivity contribution is 7.89. The highest BCUT2D eigenvalue weighted by atomic mass is 32.2. The van der Waals surface area contributed by atoms with E-state index in [0.717, 1.165) is 76.4 Å². The van der Waals surface area contributed by atoms with Crippen LogP contribution >= 0.6 is 0 Å². The normalized spacial score (nSPS) is 18.5. The predicted molar refractivity (Wildman–Crippen MR) is 249 cm³/mol. The van der Waals surface area contributed by atoms with Crippen LogP contribution in [0.5, 0.6) is 0 Å². The molecule has 8 rings (SSSR count). The largest absolute Gasteiger partial charge is 0.392 e. The minimum absolute atomic E-state index is 0.0444. The number of sulfonamides is 1. The Hall–Kier alpha value is -6.26. The Kier molecular flexibility index (Phi) is 14.4. The van der Waals surface area contributed by atoms with Crippen LogP contribution in [0, 0.1) is 17.0 Å². The molecule has 6 aromatic carbocycles. The zero-order valence-electron chi connectivity index (χ0n) is 36.2. The molecule has 14 heteroatoms. The van der Waals surface area contributed by atoms with Crippen molar-refractivity contribution in [1.82, 2.24) is 14.9 Å². The minimum Gasteiger partial charge on any atom is -0.392 e. The average Bonchev–Trinajstić information content (AvgIpc) is 3.34. The van der Waals surface area contributed by atoms with Crippen molar-refractivity contribution >= 4 is 27.3 Å². The van der Waals surface area contributed by atoms with E-state index in [0.29, 0.717) is 13.0 Å². The second kappa shape index (κ2) is 20.7. The third-order valence-electron chi connectivity index (χ3n) is 12.0. The number of nitro benzene ring substituents is 1. The van der Waals surface area contributed by atoms with Crippen LogP contribution in [0.2, 0.25) is 0 Å². The molecule has 13 nitrogen and oxygen atoms in total. The Balaban J connectivity index is 0.953. The molecule has 6 aromatic rings. The maximum absolute atomic E-state index is 13.8. The lowest BCUT2D eigenvalue weighted by Gasteiger charge is -2.41. The lowest BCUT2D eigenvalue weighted by Crippen LogP contribution is -2.49. The summed E-state index contributed by atoms with van der Waals surface area (Å²) in [6.45, 7) is 5.89. The predicted octanol–water partition coefficient (Wildman–Crippen LogP) is 7.64. The number of ether oxygens (including phenoxy) is 2. The fraction of sp³-hybridized carbons (Fsp3) is 0.275. The number of anilines is 1. The molecule has 3 N–H and O–H groups in total. The summed E-state index contributed by atoms with van der Waals surface area (Å²) < 4.78 is 43.0. The van der Waals surface area contributed by atoms with Crippen LogP contribution in [0.25, 0.3) is 11.1 Å². The van der Waals surface area contributed by atoms with Gasteiger partial charge in [0, 0.05) is 69.1 Å². The van der Waals surface area contributed by atoms with Crippen molar-refractivity contribution in [2.75, 3.05) is 37.6 Å². The quantitative estimate of drug-likeness (QED) is 0.0650. The number of hydrogen-bond acceptors (Lipinski definition) is 10. The van der Waals surface area contributed by atoms with Gasteiger partial charge in [-0.2, -0.15) is 4.72 Å². The highest BCUT2D eigenvalue weighted by Gasteiger charge is 2.34. The molecular formula is C51H53N5O8S. The van der Waals surface area contributed by atoms with Gasteiger partial charge in [-0.05, 0) is 83.1 Å². The number of benzene rings is 6. The second-order valence-corrected chi connectivity index (χ2v) is 18.3. The number of nitrogens with one attached hydrogen (secondary N) is 2. The summed E-state index contributed by atoms with van der Waals surface area (Å²) >= 11 is 0. The number of carbonyl (C=O) groups excluding carboxylic acids is 1. The van der Waals surface area contributed by atoms with Crippen molar-refractivity contribution in [3.05, 3.63) is 195 Å². The smallest absolute Gasteiger partial charge is 0.269 e. The number of rotatable bonds is 16. The Labute approximate surface area is 379 Å². The van der Waals surface area contributed by atoms with Crippen LogP contribution in [-0.4, -0.2) is 74.1 Å². The van der Waals surface area contributed by atoms with E-state index in [2.05, 4.69) is 25.9 Å². The Bertz CT molecular complexity index is 2660. The Morgan fingerprint density at radius 3 is 2.14 bits per heavy atom. The molecule has 2 heterocycles. The average molecular weight is 896 g/mol. The summed E-state index contributed by atoms with van der Waals surface area (Å²) in [5.41, 5.74) is 8.17. The summed E-state index contributed by atoms with van der Waals surface area (Å²) in [6.07, 6.45) is -0.248. The van der Waals surface area contributed by atoms with Gasteiger partial charge in [0.1, 0.15) is 6.04 Å². The monoisotopic (exact) mass is 895 g/mol. The van der Waals surface area contributed by atoms with E-state index >= 15 is 0 Å². The number of nitro groups is 1. The van der Waals surface area contributed by atoms with Gasteiger partial charge < -0.3 is 24.8 Å². The summed E-state index contributed by atoms with van der Waals surface area (Å²) in [6, 6.07) is 45.3. The molecule has 336 valence electrons. The summed E-state index contributed by atoms with van der Waals surface area (Å²) in [5.74, 6) is -0.440. The van der Waals surface area contributed by atoms with Crippen molar-refractivity contribution in [2.24, 2.45) is 0 Å². The third-order valence-corrected chi connectivity index (χ3v) is 13.5. The number of carbonyl (C=O) groups is 1. The molecule has 0 radical (unpaired) electrons. The third kappa shape index (κ3) is 11.7. The maximum atomic E-state index is 13.8. The summed E-state index contributed by atoms with van der Waals surface area (Å²) in [7, 11) is -3.99. The molecule has 1 amide bonds. The van der Waals surface area contributed by atoms with E-state index in [-0.39, 0.29) is 47.3 Å². The molecule has 2 aliphatic heterocycles. The van der Waals surface area contributed by atoms with E-state index in [9.17, 15) is 28.4 Å². The van der Waals surface area contributed by atoms with Gasteiger partial charge in [-0.25, -0.2) is 8.42 Å². The van der Waals surface area contributed by atoms with Gasteiger partial charge >= 0.3 is 0 Å². The van der Waals surface area contributed by atoms with Crippen LogP contribution in [0.3, 0.4) is 0 Å². The first kappa shape index (κ1) is 45.3. The van der Waals surface area contributed by atoms with Crippen LogP contribution in [0.15, 0.2) is 157 Å². The molecule has 4 atom stereocenters. The minimum atomic E-state index is -3.99. The lowest BCUT2D eigenvalue weighted by atomic mass is 9.98. The van der Waals surface area contributed by atoms with Crippen molar-refractivity contribution < 1.29 is 32.7 Å². The zero-order valence-corrected chi connectivity index (χ0v) is 37.0. The number of piperazine rings is 1.